The zero-order valence-corrected chi connectivity index (χ0v) is 12.3. The van der Waals surface area contributed by atoms with Gasteiger partial charge in [-0.3, -0.25) is 4.98 Å². The Labute approximate surface area is 123 Å². The third-order valence-corrected chi connectivity index (χ3v) is 3.61. The molecule has 0 aliphatic carbocycles. The molecule has 2 heterocycles. The molecule has 0 amide bonds. The maximum absolute atomic E-state index is 14.0. The van der Waals surface area contributed by atoms with E-state index in [0.29, 0.717) is 25.3 Å². The average molecular weight is 290 g/mol. The van der Waals surface area contributed by atoms with Crippen LogP contribution in [0.15, 0.2) is 12.1 Å². The van der Waals surface area contributed by atoms with Gasteiger partial charge in [0.05, 0.1) is 36.7 Å². The number of ether oxygens (including phenoxy) is 2. The number of halogens is 1. The largest absolute Gasteiger partial charge is 0.491 e. The van der Waals surface area contributed by atoms with Crippen molar-refractivity contribution in [3.05, 3.63) is 29.2 Å². The Kier molecular flexibility index (Phi) is 3.92. The van der Waals surface area contributed by atoms with Crippen molar-refractivity contribution in [1.82, 2.24) is 4.98 Å². The van der Waals surface area contributed by atoms with E-state index in [9.17, 15) is 4.39 Å². The van der Waals surface area contributed by atoms with Crippen molar-refractivity contribution in [2.45, 2.75) is 26.9 Å². The van der Waals surface area contributed by atoms with Crippen LogP contribution >= 0.6 is 0 Å². The molecule has 1 N–H and O–H groups in total. The Balaban J connectivity index is 2.25. The maximum Gasteiger partial charge on any atom is 0.167 e. The number of hydrogen-bond acceptors (Lipinski definition) is 4. The lowest BCUT2D eigenvalue weighted by Crippen LogP contribution is -2.15. The first-order valence-corrected chi connectivity index (χ1v) is 7.34. The highest BCUT2D eigenvalue weighted by molar-refractivity contribution is 5.94. The minimum atomic E-state index is -0.369. The molecule has 21 heavy (non-hydrogen) atoms. The highest BCUT2D eigenvalue weighted by Gasteiger charge is 2.20. The summed E-state index contributed by atoms with van der Waals surface area (Å²) in [4.78, 5) is 4.61. The summed E-state index contributed by atoms with van der Waals surface area (Å²) in [5, 5.41) is 4.25. The van der Waals surface area contributed by atoms with Crippen molar-refractivity contribution < 1.29 is 13.9 Å². The summed E-state index contributed by atoms with van der Waals surface area (Å²) in [6.07, 6.45) is 0.762. The highest BCUT2D eigenvalue weighted by Crippen LogP contribution is 2.34. The van der Waals surface area contributed by atoms with Gasteiger partial charge < -0.3 is 14.8 Å². The third kappa shape index (κ3) is 2.53. The molecule has 0 fully saturated rings. The SMILES string of the molecule is CCNc1c2c(nc3cc(F)c(OCC)cc13)CCOC2. The fourth-order valence-corrected chi connectivity index (χ4v) is 2.71. The van der Waals surface area contributed by atoms with Crippen LogP contribution in [0.3, 0.4) is 0 Å². The topological polar surface area (TPSA) is 43.4 Å². The number of fused-ring (bicyclic) bond motifs is 2. The Hall–Kier alpha value is -1.88. The Morgan fingerprint density at radius 1 is 1.38 bits per heavy atom. The van der Waals surface area contributed by atoms with Gasteiger partial charge in [0.15, 0.2) is 11.6 Å². The number of pyridine rings is 1. The summed E-state index contributed by atoms with van der Waals surface area (Å²) >= 11 is 0. The molecule has 1 aliphatic heterocycles. The molecule has 112 valence electrons. The van der Waals surface area contributed by atoms with Crippen LogP contribution in [0.5, 0.6) is 5.75 Å². The summed E-state index contributed by atoms with van der Waals surface area (Å²) in [5.41, 5.74) is 3.71. The van der Waals surface area contributed by atoms with Crippen LogP contribution in [0.1, 0.15) is 25.1 Å². The molecule has 1 aromatic carbocycles. The molecule has 5 heteroatoms. The van der Waals surface area contributed by atoms with Crippen molar-refractivity contribution in [2.75, 3.05) is 25.1 Å². The predicted octanol–water partition coefficient (Wildman–Crippen LogP) is 3.28. The van der Waals surface area contributed by atoms with Crippen LogP contribution in [0.2, 0.25) is 0 Å². The first-order valence-electron chi connectivity index (χ1n) is 7.34. The molecular formula is C16H19FN2O2. The summed E-state index contributed by atoms with van der Waals surface area (Å²) < 4.78 is 25.0. The van der Waals surface area contributed by atoms with Crippen LogP contribution in [0.4, 0.5) is 10.1 Å². The number of aromatic nitrogens is 1. The number of anilines is 1. The van der Waals surface area contributed by atoms with Crippen molar-refractivity contribution >= 4 is 16.6 Å². The van der Waals surface area contributed by atoms with E-state index in [1.54, 1.807) is 6.07 Å². The van der Waals surface area contributed by atoms with E-state index < -0.39 is 0 Å². The fourth-order valence-electron chi connectivity index (χ4n) is 2.71. The zero-order chi connectivity index (χ0) is 14.8. The number of rotatable bonds is 4. The number of hydrogen-bond donors (Lipinski definition) is 1. The van der Waals surface area contributed by atoms with Gasteiger partial charge in [-0.2, -0.15) is 0 Å². The van der Waals surface area contributed by atoms with Gasteiger partial charge in [0.2, 0.25) is 0 Å². The molecule has 2 aromatic rings. The van der Waals surface area contributed by atoms with Gasteiger partial charge in [-0.15, -0.1) is 0 Å². The normalized spacial score (nSPS) is 14.0. The van der Waals surface area contributed by atoms with Gasteiger partial charge in [-0.05, 0) is 19.9 Å². The Morgan fingerprint density at radius 2 is 2.24 bits per heavy atom. The average Bonchev–Trinajstić information content (AvgIpc) is 2.49. The van der Waals surface area contributed by atoms with E-state index in [2.05, 4.69) is 10.3 Å². The van der Waals surface area contributed by atoms with Crippen LogP contribution in [-0.4, -0.2) is 24.7 Å². The lowest BCUT2D eigenvalue weighted by Gasteiger charge is -2.22. The summed E-state index contributed by atoms with van der Waals surface area (Å²) in [6, 6.07) is 3.19. The first-order chi connectivity index (χ1) is 10.2. The third-order valence-electron chi connectivity index (χ3n) is 3.61. The molecule has 0 unspecified atom stereocenters. The predicted molar refractivity (Wildman–Crippen MR) is 80.4 cm³/mol. The second-order valence-electron chi connectivity index (χ2n) is 4.98. The van der Waals surface area contributed by atoms with Gasteiger partial charge in [0, 0.05) is 30.0 Å². The Morgan fingerprint density at radius 3 is 3.00 bits per heavy atom. The van der Waals surface area contributed by atoms with E-state index in [4.69, 9.17) is 9.47 Å². The summed E-state index contributed by atoms with van der Waals surface area (Å²) in [5.74, 6) is -0.103. The standard InChI is InChI=1S/C16H19FN2O2/c1-3-18-16-10-7-15(21-4-2)12(17)8-14(10)19-13-5-6-20-9-11(13)16/h7-8H,3-6,9H2,1-2H3,(H,18,19). The summed E-state index contributed by atoms with van der Waals surface area (Å²) in [6.45, 7) is 6.30. The number of nitrogens with one attached hydrogen (secondary N) is 1. The summed E-state index contributed by atoms with van der Waals surface area (Å²) in [7, 11) is 0. The van der Waals surface area contributed by atoms with E-state index in [1.807, 2.05) is 13.8 Å². The maximum atomic E-state index is 14.0. The monoisotopic (exact) mass is 290 g/mol. The highest BCUT2D eigenvalue weighted by atomic mass is 19.1. The molecule has 0 bridgehead atoms. The van der Waals surface area contributed by atoms with Crippen molar-refractivity contribution in [1.29, 1.82) is 0 Å². The molecule has 3 rings (SSSR count). The minimum absolute atomic E-state index is 0.266. The van der Waals surface area contributed by atoms with Crippen LogP contribution in [0.25, 0.3) is 10.9 Å². The van der Waals surface area contributed by atoms with Crippen LogP contribution in [-0.2, 0) is 17.8 Å². The van der Waals surface area contributed by atoms with Crippen molar-refractivity contribution in [3.63, 3.8) is 0 Å². The van der Waals surface area contributed by atoms with Gasteiger partial charge in [-0.25, -0.2) is 4.39 Å². The quantitative estimate of drug-likeness (QED) is 0.938. The number of benzene rings is 1. The molecule has 4 nitrogen and oxygen atoms in total. The molecule has 0 saturated carbocycles. The van der Waals surface area contributed by atoms with E-state index >= 15 is 0 Å². The molecule has 1 aromatic heterocycles. The van der Waals surface area contributed by atoms with Gasteiger partial charge in [0.1, 0.15) is 0 Å². The second-order valence-corrected chi connectivity index (χ2v) is 4.98. The second kappa shape index (κ2) is 5.85. The van der Waals surface area contributed by atoms with Crippen molar-refractivity contribution in [2.24, 2.45) is 0 Å². The van der Waals surface area contributed by atoms with E-state index in [1.165, 1.54) is 6.07 Å². The van der Waals surface area contributed by atoms with Gasteiger partial charge in [0.25, 0.3) is 0 Å². The minimum Gasteiger partial charge on any atom is -0.491 e. The lowest BCUT2D eigenvalue weighted by atomic mass is 10.0. The molecular weight excluding hydrogens is 271 g/mol. The molecule has 0 radical (unpaired) electrons. The molecule has 0 atom stereocenters. The van der Waals surface area contributed by atoms with Crippen LogP contribution < -0.4 is 10.1 Å². The number of nitrogens with zero attached hydrogens (tertiary/aromatic N) is 1. The molecule has 1 aliphatic rings. The van der Waals surface area contributed by atoms with E-state index in [0.717, 1.165) is 35.3 Å². The Bertz CT molecular complexity index is 673. The van der Waals surface area contributed by atoms with Gasteiger partial charge in [-0.1, -0.05) is 0 Å². The lowest BCUT2D eigenvalue weighted by molar-refractivity contribution is 0.110. The fraction of sp³-hybridized carbons (Fsp3) is 0.438. The van der Waals surface area contributed by atoms with E-state index in [-0.39, 0.29) is 11.6 Å². The zero-order valence-electron chi connectivity index (χ0n) is 12.3. The molecule has 0 spiro atoms. The first kappa shape index (κ1) is 14.1. The smallest absolute Gasteiger partial charge is 0.167 e. The van der Waals surface area contributed by atoms with Crippen molar-refractivity contribution in [3.8, 4) is 5.75 Å². The van der Waals surface area contributed by atoms with Crippen LogP contribution in [0, 0.1) is 5.82 Å². The molecule has 0 saturated heterocycles. The van der Waals surface area contributed by atoms with Gasteiger partial charge >= 0.3 is 0 Å².